The molecule has 1 aromatic rings. The standard InChI is InChI=1S/C14H18FNO/c15-12-5-3-11(4-6-12)14(17)7-1-2-10-8-16-9-13(10)14/h3-6,10,13,16-17H,1-2,7-9H2/t10-,13-,14-/m0/s1. The van der Waals surface area contributed by atoms with Crippen molar-refractivity contribution in [2.24, 2.45) is 11.8 Å². The molecular formula is C14H18FNO. The van der Waals surface area contributed by atoms with Gasteiger partial charge < -0.3 is 10.4 Å². The Morgan fingerprint density at radius 3 is 2.76 bits per heavy atom. The average Bonchev–Trinajstić information content (AvgIpc) is 2.80. The average molecular weight is 235 g/mol. The SMILES string of the molecule is O[C@]1(c2ccc(F)cc2)CCC[C@H]2CNC[C@@H]21. The second-order valence-corrected chi connectivity index (χ2v) is 5.35. The highest BCUT2D eigenvalue weighted by Crippen LogP contribution is 2.46. The first-order chi connectivity index (χ1) is 8.20. The first kappa shape index (κ1) is 11.2. The summed E-state index contributed by atoms with van der Waals surface area (Å²) >= 11 is 0. The first-order valence-electron chi connectivity index (χ1n) is 6.39. The summed E-state index contributed by atoms with van der Waals surface area (Å²) in [6.45, 7) is 1.88. The molecule has 0 bridgehead atoms. The molecule has 0 spiro atoms. The summed E-state index contributed by atoms with van der Waals surface area (Å²) in [5.74, 6) is 0.606. The molecule has 1 saturated carbocycles. The Morgan fingerprint density at radius 1 is 1.24 bits per heavy atom. The molecule has 2 N–H and O–H groups in total. The molecule has 92 valence electrons. The van der Waals surface area contributed by atoms with Gasteiger partial charge in [-0.05, 0) is 49.4 Å². The van der Waals surface area contributed by atoms with E-state index in [1.807, 2.05) is 0 Å². The molecule has 1 saturated heterocycles. The molecule has 3 atom stereocenters. The van der Waals surface area contributed by atoms with Crippen LogP contribution in [0, 0.1) is 17.7 Å². The van der Waals surface area contributed by atoms with Gasteiger partial charge in [0.15, 0.2) is 0 Å². The van der Waals surface area contributed by atoms with Crippen molar-refractivity contribution in [3.8, 4) is 0 Å². The second kappa shape index (κ2) is 4.07. The maximum absolute atomic E-state index is 13.0. The number of halogens is 1. The van der Waals surface area contributed by atoms with Crippen LogP contribution in [0.25, 0.3) is 0 Å². The highest BCUT2D eigenvalue weighted by atomic mass is 19.1. The van der Waals surface area contributed by atoms with E-state index in [2.05, 4.69) is 5.32 Å². The van der Waals surface area contributed by atoms with Crippen molar-refractivity contribution in [1.29, 1.82) is 0 Å². The Morgan fingerprint density at radius 2 is 2.00 bits per heavy atom. The van der Waals surface area contributed by atoms with Crippen LogP contribution in [0.5, 0.6) is 0 Å². The Kier molecular flexibility index (Phi) is 2.68. The molecule has 3 rings (SSSR count). The zero-order chi connectivity index (χ0) is 11.9. The summed E-state index contributed by atoms with van der Waals surface area (Å²) < 4.78 is 13.0. The van der Waals surface area contributed by atoms with Gasteiger partial charge in [0.25, 0.3) is 0 Å². The predicted octanol–water partition coefficient (Wildman–Crippen LogP) is 2.03. The Balaban J connectivity index is 1.95. The van der Waals surface area contributed by atoms with Crippen molar-refractivity contribution in [3.63, 3.8) is 0 Å². The lowest BCUT2D eigenvalue weighted by atomic mass is 9.67. The molecule has 2 aliphatic rings. The maximum Gasteiger partial charge on any atom is 0.123 e. The van der Waals surface area contributed by atoms with Crippen molar-refractivity contribution < 1.29 is 9.50 Å². The fourth-order valence-corrected chi connectivity index (χ4v) is 3.51. The molecule has 3 heteroatoms. The largest absolute Gasteiger partial charge is 0.385 e. The van der Waals surface area contributed by atoms with Crippen LogP contribution in [0.1, 0.15) is 24.8 Å². The van der Waals surface area contributed by atoms with E-state index in [-0.39, 0.29) is 11.7 Å². The Labute approximate surface area is 101 Å². The molecule has 1 aromatic carbocycles. The molecule has 1 aliphatic heterocycles. The maximum atomic E-state index is 13.0. The second-order valence-electron chi connectivity index (χ2n) is 5.35. The van der Waals surface area contributed by atoms with Crippen LogP contribution in [0.2, 0.25) is 0 Å². The minimum absolute atomic E-state index is 0.241. The lowest BCUT2D eigenvalue weighted by Gasteiger charge is -2.41. The first-order valence-corrected chi connectivity index (χ1v) is 6.39. The van der Waals surface area contributed by atoms with Gasteiger partial charge >= 0.3 is 0 Å². The molecule has 1 aliphatic carbocycles. The molecule has 0 amide bonds. The van der Waals surface area contributed by atoms with E-state index in [1.54, 1.807) is 12.1 Å². The summed E-state index contributed by atoms with van der Waals surface area (Å²) in [6.07, 6.45) is 3.04. The lowest BCUT2D eigenvalue weighted by Crippen LogP contribution is -2.42. The molecule has 2 nitrogen and oxygen atoms in total. The lowest BCUT2D eigenvalue weighted by molar-refractivity contribution is -0.0634. The smallest absolute Gasteiger partial charge is 0.123 e. The van der Waals surface area contributed by atoms with Crippen LogP contribution in [0.3, 0.4) is 0 Å². The van der Waals surface area contributed by atoms with E-state index in [0.717, 1.165) is 31.5 Å². The van der Waals surface area contributed by atoms with E-state index in [4.69, 9.17) is 0 Å². The monoisotopic (exact) mass is 235 g/mol. The van der Waals surface area contributed by atoms with Gasteiger partial charge in [-0.2, -0.15) is 0 Å². The van der Waals surface area contributed by atoms with E-state index >= 15 is 0 Å². The van der Waals surface area contributed by atoms with Crippen LogP contribution in [-0.4, -0.2) is 18.2 Å². The number of fused-ring (bicyclic) bond motifs is 1. The molecule has 0 radical (unpaired) electrons. The fraction of sp³-hybridized carbons (Fsp3) is 0.571. The number of aliphatic hydroxyl groups is 1. The summed E-state index contributed by atoms with van der Waals surface area (Å²) in [4.78, 5) is 0. The van der Waals surface area contributed by atoms with Gasteiger partial charge in [-0.1, -0.05) is 12.1 Å². The number of hydrogen-bond donors (Lipinski definition) is 2. The van der Waals surface area contributed by atoms with Crippen LogP contribution < -0.4 is 5.32 Å². The minimum atomic E-state index is -0.764. The van der Waals surface area contributed by atoms with Crippen LogP contribution in [-0.2, 0) is 5.60 Å². The Hall–Kier alpha value is -0.930. The van der Waals surface area contributed by atoms with Gasteiger partial charge in [0.2, 0.25) is 0 Å². The molecule has 1 heterocycles. The third kappa shape index (κ3) is 1.78. The third-order valence-corrected chi connectivity index (χ3v) is 4.43. The fourth-order valence-electron chi connectivity index (χ4n) is 3.51. The highest BCUT2D eigenvalue weighted by molar-refractivity contribution is 5.25. The van der Waals surface area contributed by atoms with Crippen molar-refractivity contribution in [1.82, 2.24) is 5.32 Å². The van der Waals surface area contributed by atoms with Crippen molar-refractivity contribution in [3.05, 3.63) is 35.6 Å². The van der Waals surface area contributed by atoms with Crippen molar-refractivity contribution in [2.45, 2.75) is 24.9 Å². The predicted molar refractivity (Wildman–Crippen MR) is 64.0 cm³/mol. The Bertz CT molecular complexity index is 405. The molecule has 0 aromatic heterocycles. The quantitative estimate of drug-likeness (QED) is 0.780. The summed E-state index contributed by atoms with van der Waals surface area (Å²) in [5.41, 5.74) is 0.109. The van der Waals surface area contributed by atoms with Gasteiger partial charge in [-0.15, -0.1) is 0 Å². The van der Waals surface area contributed by atoms with Gasteiger partial charge in [-0.3, -0.25) is 0 Å². The summed E-state index contributed by atoms with van der Waals surface area (Å²) in [6, 6.07) is 6.35. The number of rotatable bonds is 1. The van der Waals surface area contributed by atoms with Crippen LogP contribution in [0.15, 0.2) is 24.3 Å². The van der Waals surface area contributed by atoms with E-state index < -0.39 is 5.60 Å². The van der Waals surface area contributed by atoms with E-state index in [1.165, 1.54) is 18.6 Å². The third-order valence-electron chi connectivity index (χ3n) is 4.43. The van der Waals surface area contributed by atoms with Crippen LogP contribution >= 0.6 is 0 Å². The van der Waals surface area contributed by atoms with Gasteiger partial charge in [-0.25, -0.2) is 4.39 Å². The van der Waals surface area contributed by atoms with Gasteiger partial charge in [0, 0.05) is 12.5 Å². The van der Waals surface area contributed by atoms with E-state index in [9.17, 15) is 9.50 Å². The topological polar surface area (TPSA) is 32.3 Å². The summed E-state index contributed by atoms with van der Waals surface area (Å²) in [7, 11) is 0. The normalized spacial score (nSPS) is 36.8. The number of benzene rings is 1. The molecule has 2 fully saturated rings. The number of hydrogen-bond acceptors (Lipinski definition) is 2. The minimum Gasteiger partial charge on any atom is -0.385 e. The highest BCUT2D eigenvalue weighted by Gasteiger charge is 2.47. The molecular weight excluding hydrogens is 217 g/mol. The zero-order valence-corrected chi connectivity index (χ0v) is 9.82. The summed E-state index contributed by atoms with van der Waals surface area (Å²) in [5, 5.41) is 14.3. The van der Waals surface area contributed by atoms with Crippen molar-refractivity contribution in [2.75, 3.05) is 13.1 Å². The number of nitrogens with one attached hydrogen (secondary N) is 1. The molecule has 17 heavy (non-hydrogen) atoms. The van der Waals surface area contributed by atoms with Gasteiger partial charge in [0.05, 0.1) is 5.60 Å². The van der Waals surface area contributed by atoms with Crippen LogP contribution in [0.4, 0.5) is 4.39 Å². The van der Waals surface area contributed by atoms with Crippen molar-refractivity contribution >= 4 is 0 Å². The zero-order valence-electron chi connectivity index (χ0n) is 9.82. The van der Waals surface area contributed by atoms with Gasteiger partial charge in [0.1, 0.15) is 5.82 Å². The molecule has 0 unspecified atom stereocenters. The van der Waals surface area contributed by atoms with E-state index in [0.29, 0.717) is 5.92 Å².